The molecule has 0 aromatic carbocycles. The van der Waals surface area contributed by atoms with Crippen LogP contribution in [0.4, 0.5) is 0 Å². The highest BCUT2D eigenvalue weighted by Crippen LogP contribution is 2.31. The molecule has 1 unspecified atom stereocenters. The smallest absolute Gasteiger partial charge is 0.106 e. The Morgan fingerprint density at radius 1 is 1.58 bits per heavy atom. The summed E-state index contributed by atoms with van der Waals surface area (Å²) in [6.45, 7) is 3.57. The number of aliphatic hydroxyl groups is 1. The molecule has 1 atom stereocenters. The van der Waals surface area contributed by atoms with Gasteiger partial charge < -0.3 is 10.8 Å². The van der Waals surface area contributed by atoms with E-state index in [0.29, 0.717) is 4.34 Å². The summed E-state index contributed by atoms with van der Waals surface area (Å²) in [6.07, 6.45) is -0.644. The Hall–Kier alpha value is -0.0900. The van der Waals surface area contributed by atoms with Crippen molar-refractivity contribution in [2.45, 2.75) is 25.5 Å². The summed E-state index contributed by atoms with van der Waals surface area (Å²) in [4.78, 5) is 0.813. The van der Waals surface area contributed by atoms with E-state index in [1.165, 1.54) is 11.3 Å². The van der Waals surface area contributed by atoms with E-state index in [2.05, 4.69) is 0 Å². The third-order valence-electron chi connectivity index (χ3n) is 1.57. The van der Waals surface area contributed by atoms with E-state index in [0.717, 1.165) is 4.88 Å². The first-order valence-corrected chi connectivity index (χ1v) is 4.83. The molecule has 68 valence electrons. The van der Waals surface area contributed by atoms with Gasteiger partial charge in [-0.15, -0.1) is 11.3 Å². The number of aliphatic hydroxyl groups excluding tert-OH is 1. The van der Waals surface area contributed by atoms with Gasteiger partial charge in [-0.2, -0.15) is 0 Å². The Kier molecular flexibility index (Phi) is 2.78. The van der Waals surface area contributed by atoms with Crippen molar-refractivity contribution in [2.75, 3.05) is 0 Å². The van der Waals surface area contributed by atoms with E-state index in [-0.39, 0.29) is 0 Å². The number of hydrogen-bond acceptors (Lipinski definition) is 3. The Balaban J connectivity index is 2.85. The quantitative estimate of drug-likeness (QED) is 0.778. The van der Waals surface area contributed by atoms with E-state index >= 15 is 0 Å². The highest BCUT2D eigenvalue weighted by molar-refractivity contribution is 7.16. The van der Waals surface area contributed by atoms with Crippen molar-refractivity contribution in [3.05, 3.63) is 21.3 Å². The Bertz CT molecular complexity index is 266. The molecule has 0 aliphatic carbocycles. The third-order valence-corrected chi connectivity index (χ3v) is 2.85. The lowest BCUT2D eigenvalue weighted by molar-refractivity contribution is 0.108. The van der Waals surface area contributed by atoms with Gasteiger partial charge in [-0.25, -0.2) is 0 Å². The van der Waals surface area contributed by atoms with Gasteiger partial charge in [0.05, 0.1) is 4.34 Å². The highest BCUT2D eigenvalue weighted by atomic mass is 35.5. The molecule has 0 amide bonds. The van der Waals surface area contributed by atoms with Gasteiger partial charge in [-0.1, -0.05) is 11.6 Å². The van der Waals surface area contributed by atoms with Crippen LogP contribution >= 0.6 is 22.9 Å². The molecule has 0 saturated carbocycles. The van der Waals surface area contributed by atoms with Crippen LogP contribution in [0.1, 0.15) is 24.8 Å². The summed E-state index contributed by atoms with van der Waals surface area (Å²) in [7, 11) is 0. The van der Waals surface area contributed by atoms with Gasteiger partial charge in [-0.05, 0) is 26.0 Å². The molecule has 2 nitrogen and oxygen atoms in total. The molecule has 1 heterocycles. The van der Waals surface area contributed by atoms with Gasteiger partial charge in [0.15, 0.2) is 0 Å². The molecule has 0 bridgehead atoms. The maximum atomic E-state index is 9.70. The van der Waals surface area contributed by atoms with Crippen molar-refractivity contribution >= 4 is 22.9 Å². The first kappa shape index (κ1) is 9.99. The van der Waals surface area contributed by atoms with Crippen molar-refractivity contribution in [1.82, 2.24) is 0 Å². The fourth-order valence-electron chi connectivity index (χ4n) is 0.842. The molecule has 0 radical (unpaired) electrons. The maximum absolute atomic E-state index is 9.70. The average Bonchev–Trinajstić information content (AvgIpc) is 2.32. The summed E-state index contributed by atoms with van der Waals surface area (Å²) in [5.41, 5.74) is 5.12. The molecule has 0 spiro atoms. The minimum atomic E-state index is -0.644. The van der Waals surface area contributed by atoms with Gasteiger partial charge in [0.2, 0.25) is 0 Å². The lowest BCUT2D eigenvalue weighted by atomic mass is 9.98. The number of hydrogen-bond donors (Lipinski definition) is 2. The second-order valence-electron chi connectivity index (χ2n) is 3.37. The van der Waals surface area contributed by atoms with Crippen LogP contribution in [0.3, 0.4) is 0 Å². The van der Waals surface area contributed by atoms with Crippen molar-refractivity contribution in [1.29, 1.82) is 0 Å². The van der Waals surface area contributed by atoms with Gasteiger partial charge >= 0.3 is 0 Å². The van der Waals surface area contributed by atoms with Crippen LogP contribution < -0.4 is 5.73 Å². The van der Waals surface area contributed by atoms with Crippen molar-refractivity contribution in [3.8, 4) is 0 Å². The van der Waals surface area contributed by atoms with E-state index < -0.39 is 11.6 Å². The predicted octanol–water partition coefficient (Wildman–Crippen LogP) is 2.17. The average molecular weight is 206 g/mol. The first-order chi connectivity index (χ1) is 5.41. The molecule has 1 aromatic rings. The molecule has 0 saturated heterocycles. The predicted molar refractivity (Wildman–Crippen MR) is 52.6 cm³/mol. The van der Waals surface area contributed by atoms with Crippen molar-refractivity contribution < 1.29 is 5.11 Å². The van der Waals surface area contributed by atoms with Crippen LogP contribution in [0.15, 0.2) is 12.1 Å². The molecule has 12 heavy (non-hydrogen) atoms. The fraction of sp³-hybridized carbons (Fsp3) is 0.500. The van der Waals surface area contributed by atoms with Crippen molar-refractivity contribution in [2.24, 2.45) is 5.73 Å². The zero-order chi connectivity index (χ0) is 9.35. The van der Waals surface area contributed by atoms with Crippen LogP contribution in [0.5, 0.6) is 0 Å². The molecule has 1 aromatic heterocycles. The summed E-state index contributed by atoms with van der Waals surface area (Å²) in [5, 5.41) is 9.70. The molecule has 0 fully saturated rings. The summed E-state index contributed by atoms with van der Waals surface area (Å²) in [6, 6.07) is 3.56. The van der Waals surface area contributed by atoms with Crippen molar-refractivity contribution in [3.63, 3.8) is 0 Å². The molecular weight excluding hydrogens is 194 g/mol. The standard InChI is InChI=1S/C8H12ClNOS/c1-8(2,10)7(11)5-3-4-6(9)12-5/h3-4,7,11H,10H2,1-2H3. The molecular formula is C8H12ClNOS. The lowest BCUT2D eigenvalue weighted by Gasteiger charge is -2.24. The van der Waals surface area contributed by atoms with Crippen LogP contribution in [-0.2, 0) is 0 Å². The van der Waals surface area contributed by atoms with Gasteiger partial charge in [-0.3, -0.25) is 0 Å². The fourth-order valence-corrected chi connectivity index (χ4v) is 2.08. The molecule has 3 N–H and O–H groups in total. The number of thiophene rings is 1. The van der Waals surface area contributed by atoms with Crippen LogP contribution in [-0.4, -0.2) is 10.6 Å². The van der Waals surface area contributed by atoms with E-state index in [9.17, 15) is 5.11 Å². The summed E-state index contributed by atoms with van der Waals surface area (Å²) in [5.74, 6) is 0. The minimum Gasteiger partial charge on any atom is -0.386 e. The Morgan fingerprint density at radius 3 is 2.50 bits per heavy atom. The largest absolute Gasteiger partial charge is 0.386 e. The van der Waals surface area contributed by atoms with Crippen LogP contribution in [0, 0.1) is 0 Å². The van der Waals surface area contributed by atoms with Crippen LogP contribution in [0.2, 0.25) is 4.34 Å². The van der Waals surface area contributed by atoms with Gasteiger partial charge in [0.1, 0.15) is 6.10 Å². The topological polar surface area (TPSA) is 46.2 Å². The number of rotatable bonds is 2. The second-order valence-corrected chi connectivity index (χ2v) is 5.11. The van der Waals surface area contributed by atoms with Gasteiger partial charge in [0, 0.05) is 10.4 Å². The van der Waals surface area contributed by atoms with E-state index in [1.54, 1.807) is 26.0 Å². The SMILES string of the molecule is CC(C)(N)C(O)c1ccc(Cl)s1. The Morgan fingerprint density at radius 2 is 2.17 bits per heavy atom. The highest BCUT2D eigenvalue weighted by Gasteiger charge is 2.25. The third kappa shape index (κ3) is 2.20. The minimum absolute atomic E-state index is 0.617. The van der Waals surface area contributed by atoms with E-state index in [1.807, 2.05) is 0 Å². The Labute approximate surface area is 81.0 Å². The molecule has 0 aliphatic heterocycles. The number of halogens is 1. The normalized spacial score (nSPS) is 14.8. The van der Waals surface area contributed by atoms with Crippen LogP contribution in [0.25, 0.3) is 0 Å². The molecule has 1 rings (SSSR count). The number of nitrogens with two attached hydrogens (primary N) is 1. The molecule has 0 aliphatic rings. The zero-order valence-electron chi connectivity index (χ0n) is 7.04. The monoisotopic (exact) mass is 205 g/mol. The summed E-state index contributed by atoms with van der Waals surface area (Å²) >= 11 is 7.08. The zero-order valence-corrected chi connectivity index (χ0v) is 8.62. The maximum Gasteiger partial charge on any atom is 0.106 e. The lowest BCUT2D eigenvalue weighted by Crippen LogP contribution is -2.38. The summed E-state index contributed by atoms with van der Waals surface area (Å²) < 4.78 is 0.674. The first-order valence-electron chi connectivity index (χ1n) is 3.63. The molecule has 4 heteroatoms. The van der Waals surface area contributed by atoms with E-state index in [4.69, 9.17) is 17.3 Å². The second kappa shape index (κ2) is 3.34. The van der Waals surface area contributed by atoms with Gasteiger partial charge in [0.25, 0.3) is 0 Å².